The molecule has 0 radical (unpaired) electrons. The van der Waals surface area contributed by atoms with E-state index in [9.17, 15) is 4.39 Å². The number of ether oxygens (including phenoxy) is 1. The molecule has 1 aliphatic heterocycles. The highest BCUT2D eigenvalue weighted by atomic mass is 19.1. The van der Waals surface area contributed by atoms with Crippen LogP contribution in [0.2, 0.25) is 0 Å². The molecule has 0 aromatic heterocycles. The molecule has 1 unspecified atom stereocenters. The highest BCUT2D eigenvalue weighted by molar-refractivity contribution is 5.98. The van der Waals surface area contributed by atoms with Crippen LogP contribution in [0.3, 0.4) is 0 Å². The quantitative estimate of drug-likeness (QED) is 0.243. The zero-order valence-electron chi connectivity index (χ0n) is 11.3. The highest BCUT2D eigenvalue weighted by Crippen LogP contribution is 2.15. The Morgan fingerprint density at radius 3 is 3.10 bits per heavy atom. The number of rotatable bonds is 6. The Labute approximate surface area is 117 Å². The topological polar surface area (TPSA) is 79.9 Å². The van der Waals surface area contributed by atoms with E-state index in [1.807, 2.05) is 0 Å². The summed E-state index contributed by atoms with van der Waals surface area (Å²) in [4.78, 5) is 0. The molecule has 0 spiro atoms. The van der Waals surface area contributed by atoms with E-state index in [0.717, 1.165) is 38.0 Å². The molecule has 1 saturated heterocycles. The molecule has 1 aromatic carbocycles. The second-order valence-corrected chi connectivity index (χ2v) is 4.89. The van der Waals surface area contributed by atoms with Gasteiger partial charge in [-0.05, 0) is 43.5 Å². The van der Waals surface area contributed by atoms with Crippen LogP contribution in [0, 0.1) is 5.82 Å². The summed E-state index contributed by atoms with van der Waals surface area (Å²) in [6.45, 7) is 2.21. The number of halogens is 1. The second-order valence-electron chi connectivity index (χ2n) is 4.89. The van der Waals surface area contributed by atoms with Crippen molar-refractivity contribution in [3.05, 3.63) is 35.1 Å². The van der Waals surface area contributed by atoms with Crippen molar-refractivity contribution in [2.75, 3.05) is 13.2 Å². The van der Waals surface area contributed by atoms with Gasteiger partial charge in [-0.25, -0.2) is 4.39 Å². The number of benzene rings is 1. The zero-order chi connectivity index (χ0) is 14.4. The predicted molar refractivity (Wildman–Crippen MR) is 74.2 cm³/mol. The number of nitrogens with two attached hydrogens (primary N) is 1. The smallest absolute Gasteiger partial charge is 0.170 e. The van der Waals surface area contributed by atoms with Crippen molar-refractivity contribution in [2.45, 2.75) is 31.9 Å². The lowest BCUT2D eigenvalue weighted by Gasteiger charge is -2.12. The molecule has 0 bridgehead atoms. The zero-order valence-corrected chi connectivity index (χ0v) is 11.3. The van der Waals surface area contributed by atoms with Gasteiger partial charge in [0.2, 0.25) is 0 Å². The minimum atomic E-state index is -0.408. The minimum Gasteiger partial charge on any atom is -0.409 e. The van der Waals surface area contributed by atoms with Crippen molar-refractivity contribution >= 4 is 5.84 Å². The third-order valence-electron chi connectivity index (χ3n) is 3.44. The summed E-state index contributed by atoms with van der Waals surface area (Å²) in [6.07, 6.45) is 3.56. The van der Waals surface area contributed by atoms with E-state index in [1.54, 1.807) is 6.07 Å². The molecule has 5 nitrogen and oxygen atoms in total. The van der Waals surface area contributed by atoms with Gasteiger partial charge in [0.05, 0.1) is 6.10 Å². The van der Waals surface area contributed by atoms with Gasteiger partial charge in [-0.15, -0.1) is 0 Å². The van der Waals surface area contributed by atoms with Gasteiger partial charge in [0.25, 0.3) is 0 Å². The van der Waals surface area contributed by atoms with Crippen molar-refractivity contribution in [2.24, 2.45) is 10.9 Å². The molecule has 20 heavy (non-hydrogen) atoms. The summed E-state index contributed by atoms with van der Waals surface area (Å²) in [7, 11) is 0. The van der Waals surface area contributed by atoms with E-state index in [4.69, 9.17) is 15.7 Å². The molecule has 0 aliphatic carbocycles. The van der Waals surface area contributed by atoms with Crippen molar-refractivity contribution in [1.82, 2.24) is 5.32 Å². The van der Waals surface area contributed by atoms with Gasteiger partial charge in [-0.1, -0.05) is 11.2 Å². The van der Waals surface area contributed by atoms with Crippen LogP contribution in [0.1, 0.15) is 30.4 Å². The summed E-state index contributed by atoms with van der Waals surface area (Å²) >= 11 is 0. The largest absolute Gasteiger partial charge is 0.409 e. The van der Waals surface area contributed by atoms with E-state index in [-0.39, 0.29) is 5.84 Å². The van der Waals surface area contributed by atoms with Gasteiger partial charge >= 0.3 is 0 Å². The summed E-state index contributed by atoms with van der Waals surface area (Å²) < 4.78 is 18.7. The van der Waals surface area contributed by atoms with Crippen molar-refractivity contribution < 1.29 is 14.3 Å². The predicted octanol–water partition coefficient (Wildman–Crippen LogP) is 1.58. The fraction of sp³-hybridized carbons (Fsp3) is 0.500. The molecule has 1 aromatic rings. The Kier molecular flexibility index (Phi) is 5.31. The molecule has 2 rings (SSSR count). The van der Waals surface area contributed by atoms with Crippen LogP contribution in [0.25, 0.3) is 0 Å². The summed E-state index contributed by atoms with van der Waals surface area (Å²) in [5.74, 6) is -0.491. The summed E-state index contributed by atoms with van der Waals surface area (Å²) in [5, 5.41) is 14.9. The third kappa shape index (κ3) is 3.91. The first kappa shape index (κ1) is 14.7. The molecule has 1 atom stereocenters. The van der Waals surface area contributed by atoms with E-state index in [1.165, 1.54) is 12.1 Å². The second kappa shape index (κ2) is 7.21. The van der Waals surface area contributed by atoms with Gasteiger partial charge in [0, 0.05) is 18.7 Å². The first-order chi connectivity index (χ1) is 9.70. The average molecular weight is 281 g/mol. The van der Waals surface area contributed by atoms with Crippen molar-refractivity contribution in [3.63, 3.8) is 0 Å². The fourth-order valence-corrected chi connectivity index (χ4v) is 2.35. The highest BCUT2D eigenvalue weighted by Gasteiger charge is 2.14. The normalized spacial score (nSPS) is 19.4. The molecule has 6 heteroatoms. The van der Waals surface area contributed by atoms with Gasteiger partial charge in [-0.2, -0.15) is 0 Å². The molecule has 4 N–H and O–H groups in total. The van der Waals surface area contributed by atoms with E-state index in [0.29, 0.717) is 18.2 Å². The Morgan fingerprint density at radius 2 is 2.40 bits per heavy atom. The summed E-state index contributed by atoms with van der Waals surface area (Å²) in [5.41, 5.74) is 6.77. The molecule has 0 saturated carbocycles. The Morgan fingerprint density at radius 1 is 1.55 bits per heavy atom. The molecule has 110 valence electrons. The van der Waals surface area contributed by atoms with Crippen LogP contribution >= 0.6 is 0 Å². The van der Waals surface area contributed by atoms with Crippen LogP contribution in [-0.4, -0.2) is 30.3 Å². The molecule has 1 heterocycles. The molecular formula is C14H20FN3O2. The molecule has 0 amide bonds. The van der Waals surface area contributed by atoms with Crippen molar-refractivity contribution in [3.8, 4) is 0 Å². The van der Waals surface area contributed by atoms with Crippen LogP contribution < -0.4 is 11.1 Å². The molecule has 1 fully saturated rings. The SMILES string of the molecule is NC(=NO)c1cc(F)ccc1CNCCC1CCCO1. The number of oxime groups is 1. The number of nitrogens with one attached hydrogen (secondary N) is 1. The van der Waals surface area contributed by atoms with Crippen LogP contribution in [0.5, 0.6) is 0 Å². The van der Waals surface area contributed by atoms with Gasteiger partial charge in [0.1, 0.15) is 5.82 Å². The number of hydrogen-bond acceptors (Lipinski definition) is 4. The van der Waals surface area contributed by atoms with Crippen LogP contribution in [-0.2, 0) is 11.3 Å². The number of nitrogens with zero attached hydrogens (tertiary/aromatic N) is 1. The average Bonchev–Trinajstić information content (AvgIpc) is 2.97. The van der Waals surface area contributed by atoms with E-state index >= 15 is 0 Å². The lowest BCUT2D eigenvalue weighted by molar-refractivity contribution is 0.104. The first-order valence-corrected chi connectivity index (χ1v) is 6.79. The van der Waals surface area contributed by atoms with Gasteiger partial charge in [0.15, 0.2) is 5.84 Å². The maximum Gasteiger partial charge on any atom is 0.170 e. The molecule has 1 aliphatic rings. The third-order valence-corrected chi connectivity index (χ3v) is 3.44. The lowest BCUT2D eigenvalue weighted by Crippen LogP contribution is -2.23. The molecular weight excluding hydrogens is 261 g/mol. The van der Waals surface area contributed by atoms with Crippen LogP contribution in [0.4, 0.5) is 4.39 Å². The van der Waals surface area contributed by atoms with Crippen molar-refractivity contribution in [1.29, 1.82) is 0 Å². The Bertz CT molecular complexity index is 473. The number of amidine groups is 1. The Hall–Kier alpha value is -1.66. The lowest BCUT2D eigenvalue weighted by atomic mass is 10.1. The monoisotopic (exact) mass is 281 g/mol. The van der Waals surface area contributed by atoms with Gasteiger partial charge in [-0.3, -0.25) is 0 Å². The van der Waals surface area contributed by atoms with Crippen LogP contribution in [0.15, 0.2) is 23.4 Å². The number of hydrogen-bond donors (Lipinski definition) is 3. The fourth-order valence-electron chi connectivity index (χ4n) is 2.35. The maximum atomic E-state index is 13.2. The first-order valence-electron chi connectivity index (χ1n) is 6.79. The summed E-state index contributed by atoms with van der Waals surface area (Å²) in [6, 6.07) is 4.28. The van der Waals surface area contributed by atoms with E-state index < -0.39 is 5.82 Å². The maximum absolute atomic E-state index is 13.2. The van der Waals surface area contributed by atoms with Gasteiger partial charge < -0.3 is 21.0 Å². The minimum absolute atomic E-state index is 0.0829. The van der Waals surface area contributed by atoms with E-state index in [2.05, 4.69) is 10.5 Å². The Balaban J connectivity index is 1.88. The standard InChI is InChI=1S/C14H20FN3O2/c15-11-4-3-10(13(8-11)14(16)18-19)9-17-6-5-12-2-1-7-20-12/h3-4,8,12,17,19H,1-2,5-7,9H2,(H2,16,18).